The Bertz CT molecular complexity index is 1390. The smallest absolute Gasteiger partial charge is 0.271 e. The maximum absolute atomic E-state index is 12.1. The molecule has 0 saturated heterocycles. The third-order valence-electron chi connectivity index (χ3n) is 4.91. The number of aromatic nitrogens is 4. The van der Waals surface area contributed by atoms with E-state index in [1.807, 2.05) is 0 Å². The van der Waals surface area contributed by atoms with E-state index in [-0.39, 0.29) is 47.3 Å². The van der Waals surface area contributed by atoms with Gasteiger partial charge in [0.2, 0.25) is 27.6 Å². The highest BCUT2D eigenvalue weighted by atomic mass is 32.2. The molecule has 4 rings (SSSR count). The number of nitrogens with zero attached hydrogens (tertiary/aromatic N) is 4. The van der Waals surface area contributed by atoms with Gasteiger partial charge in [-0.15, -0.1) is 10.2 Å². The van der Waals surface area contributed by atoms with Crippen molar-refractivity contribution in [1.82, 2.24) is 25.1 Å². The summed E-state index contributed by atoms with van der Waals surface area (Å²) < 4.78 is 35.5. The number of para-hydroxylation sites is 1. The average molecular weight is 503 g/mol. The lowest BCUT2D eigenvalue weighted by Gasteiger charge is -2.15. The van der Waals surface area contributed by atoms with Gasteiger partial charge < -0.3 is 25.6 Å². The zero-order valence-corrected chi connectivity index (χ0v) is 19.5. The van der Waals surface area contributed by atoms with Gasteiger partial charge in [0.25, 0.3) is 5.91 Å². The highest BCUT2D eigenvalue weighted by Crippen LogP contribution is 2.37. The van der Waals surface area contributed by atoms with Gasteiger partial charge in [-0.25, -0.2) is 13.1 Å². The fourth-order valence-electron chi connectivity index (χ4n) is 3.11. The van der Waals surface area contributed by atoms with Crippen molar-refractivity contribution in [2.45, 2.75) is 19.4 Å². The summed E-state index contributed by atoms with van der Waals surface area (Å²) in [4.78, 5) is 28.2. The minimum Gasteiger partial charge on any atom is -0.494 e. The Labute approximate surface area is 199 Å². The van der Waals surface area contributed by atoms with E-state index < -0.39 is 15.9 Å². The second kappa shape index (κ2) is 9.63. The third-order valence-corrected chi connectivity index (χ3v) is 5.58. The van der Waals surface area contributed by atoms with Crippen LogP contribution in [0.4, 0.5) is 17.2 Å². The standard InChI is InChI=1S/C20H22N8O6S/c1-33-17-11(19-25-15(34-28-19)9-22-35(2,31)32)4-3-5-12(17)23-13-8-14(24-20(30)10-6-7-10)26-27-16(13)18(21)29/h3-5,8,10,22H,6-7,9H2,1-2H3,(H2,21,29)(H2,23,24,26,30). The second-order valence-electron chi connectivity index (χ2n) is 7.74. The molecule has 3 aromatic rings. The van der Waals surface area contributed by atoms with Crippen LogP contribution in [-0.2, 0) is 21.4 Å². The summed E-state index contributed by atoms with van der Waals surface area (Å²) in [5, 5.41) is 17.3. The van der Waals surface area contributed by atoms with Crippen molar-refractivity contribution < 1.29 is 27.3 Å². The van der Waals surface area contributed by atoms with Gasteiger partial charge in [0.1, 0.15) is 0 Å². The SMILES string of the molecule is COc1c(Nc2cc(NC(=O)C3CC3)nnc2C(N)=O)cccc1-c1noc(CNS(C)(=O)=O)n1. The van der Waals surface area contributed by atoms with Gasteiger partial charge in [0.15, 0.2) is 17.3 Å². The Morgan fingerprint density at radius 2 is 2.00 bits per heavy atom. The summed E-state index contributed by atoms with van der Waals surface area (Å²) in [5.74, 6) is -0.385. The number of sulfonamides is 1. The molecule has 15 heteroatoms. The number of methoxy groups -OCH3 is 1. The fourth-order valence-corrected chi connectivity index (χ4v) is 3.49. The molecule has 2 amide bonds. The molecule has 35 heavy (non-hydrogen) atoms. The van der Waals surface area contributed by atoms with Crippen molar-refractivity contribution in [3.63, 3.8) is 0 Å². The number of carbonyl (C=O) groups is 2. The first-order chi connectivity index (χ1) is 16.6. The van der Waals surface area contributed by atoms with Crippen LogP contribution >= 0.6 is 0 Å². The number of hydrogen-bond donors (Lipinski definition) is 4. The molecule has 1 aliphatic carbocycles. The summed E-state index contributed by atoms with van der Waals surface area (Å²) in [6.45, 7) is -0.175. The van der Waals surface area contributed by atoms with Crippen LogP contribution in [0.25, 0.3) is 11.4 Å². The molecule has 14 nitrogen and oxygen atoms in total. The molecular formula is C20H22N8O6S. The lowest BCUT2D eigenvalue weighted by atomic mass is 10.1. The van der Waals surface area contributed by atoms with Crippen molar-refractivity contribution in [3.05, 3.63) is 35.9 Å². The quantitative estimate of drug-likeness (QED) is 0.305. The van der Waals surface area contributed by atoms with Crippen molar-refractivity contribution in [2.75, 3.05) is 24.0 Å². The van der Waals surface area contributed by atoms with Gasteiger partial charge >= 0.3 is 0 Å². The van der Waals surface area contributed by atoms with Gasteiger partial charge in [-0.1, -0.05) is 11.2 Å². The fraction of sp³-hybridized carbons (Fsp3) is 0.300. The van der Waals surface area contributed by atoms with Crippen LogP contribution in [0.5, 0.6) is 5.75 Å². The number of carbonyl (C=O) groups excluding carboxylic acids is 2. The van der Waals surface area contributed by atoms with Gasteiger partial charge in [0.05, 0.1) is 36.8 Å². The Balaban J connectivity index is 1.64. The first-order valence-electron chi connectivity index (χ1n) is 10.3. The Hall–Kier alpha value is -4.11. The predicted molar refractivity (Wildman–Crippen MR) is 123 cm³/mol. The van der Waals surface area contributed by atoms with Crippen LogP contribution in [0.1, 0.15) is 29.2 Å². The number of nitrogens with two attached hydrogens (primary N) is 1. The number of primary amides is 1. The van der Waals surface area contributed by atoms with Gasteiger partial charge in [-0.3, -0.25) is 9.59 Å². The van der Waals surface area contributed by atoms with Gasteiger partial charge in [-0.2, -0.15) is 4.98 Å². The maximum Gasteiger partial charge on any atom is 0.271 e. The van der Waals surface area contributed by atoms with Crippen molar-refractivity contribution in [3.8, 4) is 17.1 Å². The van der Waals surface area contributed by atoms with E-state index in [1.54, 1.807) is 18.2 Å². The first-order valence-corrected chi connectivity index (χ1v) is 12.2. The number of hydrogen-bond acceptors (Lipinski definition) is 11. The number of nitrogens with one attached hydrogen (secondary N) is 3. The molecule has 0 spiro atoms. The second-order valence-corrected chi connectivity index (χ2v) is 9.57. The van der Waals surface area contributed by atoms with E-state index in [0.29, 0.717) is 17.0 Å². The lowest BCUT2D eigenvalue weighted by Crippen LogP contribution is -2.21. The van der Waals surface area contributed by atoms with E-state index in [1.165, 1.54) is 13.2 Å². The minimum atomic E-state index is -3.44. The minimum absolute atomic E-state index is 0.0479. The summed E-state index contributed by atoms with van der Waals surface area (Å²) in [7, 11) is -2.02. The molecule has 0 unspecified atom stereocenters. The molecule has 1 saturated carbocycles. The van der Waals surface area contributed by atoms with Crippen LogP contribution in [0.15, 0.2) is 28.8 Å². The molecule has 1 aromatic carbocycles. The van der Waals surface area contributed by atoms with Crippen LogP contribution in [-0.4, -0.2) is 53.9 Å². The number of anilines is 3. The van der Waals surface area contributed by atoms with Gasteiger partial charge in [0, 0.05) is 12.0 Å². The molecule has 1 aliphatic rings. The number of ether oxygens (including phenoxy) is 1. The van der Waals surface area contributed by atoms with E-state index in [2.05, 4.69) is 35.7 Å². The van der Waals surface area contributed by atoms with E-state index >= 15 is 0 Å². The Kier molecular flexibility index (Phi) is 6.61. The maximum atomic E-state index is 12.1. The molecule has 2 heterocycles. The molecule has 5 N–H and O–H groups in total. The van der Waals surface area contributed by atoms with Crippen molar-refractivity contribution in [1.29, 1.82) is 0 Å². The first kappa shape index (κ1) is 24.0. The molecule has 0 atom stereocenters. The monoisotopic (exact) mass is 502 g/mol. The molecule has 0 bridgehead atoms. The van der Waals surface area contributed by atoms with Gasteiger partial charge in [-0.05, 0) is 25.0 Å². The average Bonchev–Trinajstić information content (AvgIpc) is 3.55. The highest BCUT2D eigenvalue weighted by molar-refractivity contribution is 7.88. The Morgan fingerprint density at radius 3 is 2.66 bits per heavy atom. The third kappa shape index (κ3) is 5.88. The zero-order chi connectivity index (χ0) is 25.2. The van der Waals surface area contributed by atoms with E-state index in [9.17, 15) is 18.0 Å². The lowest BCUT2D eigenvalue weighted by molar-refractivity contribution is -0.117. The molecule has 0 radical (unpaired) electrons. The molecule has 2 aromatic heterocycles. The Morgan fingerprint density at radius 1 is 1.23 bits per heavy atom. The topological polar surface area (TPSA) is 204 Å². The van der Waals surface area contributed by atoms with E-state index in [0.717, 1.165) is 19.1 Å². The predicted octanol–water partition coefficient (Wildman–Crippen LogP) is 0.775. The van der Waals surface area contributed by atoms with E-state index in [4.69, 9.17) is 15.0 Å². The molecular weight excluding hydrogens is 480 g/mol. The summed E-state index contributed by atoms with van der Waals surface area (Å²) in [6.07, 6.45) is 2.64. The zero-order valence-electron chi connectivity index (χ0n) is 18.7. The van der Waals surface area contributed by atoms with Crippen LogP contribution in [0.3, 0.4) is 0 Å². The highest BCUT2D eigenvalue weighted by Gasteiger charge is 2.30. The van der Waals surface area contributed by atoms with Crippen LogP contribution in [0.2, 0.25) is 0 Å². The van der Waals surface area contributed by atoms with Crippen molar-refractivity contribution in [2.24, 2.45) is 11.7 Å². The number of amides is 2. The normalized spacial score (nSPS) is 13.3. The van der Waals surface area contributed by atoms with Crippen molar-refractivity contribution >= 4 is 39.0 Å². The summed E-state index contributed by atoms with van der Waals surface area (Å²) in [6, 6.07) is 6.47. The molecule has 184 valence electrons. The summed E-state index contributed by atoms with van der Waals surface area (Å²) in [5.41, 5.74) is 6.33. The molecule has 1 fully saturated rings. The van der Waals surface area contributed by atoms with Crippen LogP contribution in [0, 0.1) is 5.92 Å². The number of benzene rings is 1. The molecule has 0 aliphatic heterocycles. The largest absolute Gasteiger partial charge is 0.494 e. The summed E-state index contributed by atoms with van der Waals surface area (Å²) >= 11 is 0. The van der Waals surface area contributed by atoms with Crippen LogP contribution < -0.4 is 25.8 Å². The number of rotatable bonds is 10.